The minimum Gasteiger partial charge on any atom is -0.488 e. The van der Waals surface area contributed by atoms with Gasteiger partial charge in [-0.05, 0) is 46.9 Å². The summed E-state index contributed by atoms with van der Waals surface area (Å²) in [5, 5.41) is 4.27. The van der Waals surface area contributed by atoms with Gasteiger partial charge in [-0.25, -0.2) is 4.98 Å². The Morgan fingerprint density at radius 3 is 2.67 bits per heavy atom. The van der Waals surface area contributed by atoms with E-state index in [1.807, 2.05) is 49.5 Å². The van der Waals surface area contributed by atoms with E-state index < -0.39 is 0 Å². The average molecular weight is 390 g/mol. The molecule has 1 heterocycles. The molecule has 0 radical (unpaired) electrons. The number of pyridine rings is 1. The molecule has 0 bridgehead atoms. The second-order valence-electron chi connectivity index (χ2n) is 4.66. The molecule has 0 atom stereocenters. The van der Waals surface area contributed by atoms with Crippen LogP contribution in [0.3, 0.4) is 0 Å². The lowest BCUT2D eigenvalue weighted by atomic mass is 10.1. The second kappa shape index (κ2) is 6.30. The van der Waals surface area contributed by atoms with Gasteiger partial charge in [0.2, 0.25) is 0 Å². The molecule has 0 aliphatic carbocycles. The highest BCUT2D eigenvalue weighted by atomic mass is 127. The number of nitrogens with zero attached hydrogens (tertiary/aromatic N) is 1. The quantitative estimate of drug-likeness (QED) is 0.668. The minimum absolute atomic E-state index is 0.494. The molecule has 0 amide bonds. The van der Waals surface area contributed by atoms with Gasteiger partial charge in [0, 0.05) is 18.0 Å². The van der Waals surface area contributed by atoms with Crippen LogP contribution in [0.25, 0.3) is 10.9 Å². The number of hydrogen-bond donors (Lipinski definition) is 1. The first-order valence-corrected chi connectivity index (χ1v) is 7.79. The van der Waals surface area contributed by atoms with Crippen molar-refractivity contribution < 1.29 is 4.74 Å². The van der Waals surface area contributed by atoms with Crippen molar-refractivity contribution in [2.45, 2.75) is 6.61 Å². The summed E-state index contributed by atoms with van der Waals surface area (Å²) < 4.78 is 7.03. The normalized spacial score (nSPS) is 10.6. The van der Waals surface area contributed by atoms with Gasteiger partial charge in [0.15, 0.2) is 0 Å². The zero-order chi connectivity index (χ0) is 14.7. The molecule has 4 heteroatoms. The first-order chi connectivity index (χ1) is 10.3. The molecule has 3 nitrogen and oxygen atoms in total. The minimum atomic E-state index is 0.494. The molecule has 0 unspecified atom stereocenters. The highest BCUT2D eigenvalue weighted by molar-refractivity contribution is 14.1. The summed E-state index contributed by atoms with van der Waals surface area (Å²) in [5.41, 5.74) is 2.04. The maximum atomic E-state index is 5.93. The van der Waals surface area contributed by atoms with Gasteiger partial charge in [-0.3, -0.25) is 0 Å². The summed E-state index contributed by atoms with van der Waals surface area (Å²) in [4.78, 5) is 4.64. The molecule has 3 rings (SSSR count). The van der Waals surface area contributed by atoms with E-state index in [1.165, 1.54) is 0 Å². The number of nitrogens with one attached hydrogen (secondary N) is 1. The molecule has 3 aromatic rings. The Bertz CT molecular complexity index is 774. The van der Waals surface area contributed by atoms with Gasteiger partial charge in [-0.15, -0.1) is 0 Å². The Balaban J connectivity index is 1.91. The molecule has 1 aromatic heterocycles. The zero-order valence-corrected chi connectivity index (χ0v) is 13.8. The Morgan fingerprint density at radius 2 is 1.86 bits per heavy atom. The van der Waals surface area contributed by atoms with Gasteiger partial charge in [0.05, 0.1) is 9.09 Å². The van der Waals surface area contributed by atoms with Crippen molar-refractivity contribution in [3.05, 3.63) is 63.7 Å². The summed E-state index contributed by atoms with van der Waals surface area (Å²) in [6, 6.07) is 18.2. The molecule has 21 heavy (non-hydrogen) atoms. The van der Waals surface area contributed by atoms with E-state index in [2.05, 4.69) is 45.0 Å². The van der Waals surface area contributed by atoms with Crippen LogP contribution < -0.4 is 10.1 Å². The molecule has 0 spiro atoms. The summed E-state index contributed by atoms with van der Waals surface area (Å²) in [7, 11) is 1.88. The number of aromatic nitrogens is 1. The highest BCUT2D eigenvalue weighted by Crippen LogP contribution is 2.24. The first kappa shape index (κ1) is 14.1. The van der Waals surface area contributed by atoms with Crippen LogP contribution in [0.5, 0.6) is 5.75 Å². The molecule has 0 aliphatic heterocycles. The predicted octanol–water partition coefficient (Wildman–Crippen LogP) is 4.46. The molecule has 106 valence electrons. The van der Waals surface area contributed by atoms with Crippen LogP contribution >= 0.6 is 22.6 Å². The molecular formula is C17H15IN2O. The highest BCUT2D eigenvalue weighted by Gasteiger charge is 2.07. The van der Waals surface area contributed by atoms with Gasteiger partial charge in [0.1, 0.15) is 18.2 Å². The molecule has 0 saturated heterocycles. The molecule has 1 N–H and O–H groups in total. The zero-order valence-electron chi connectivity index (χ0n) is 11.6. The predicted molar refractivity (Wildman–Crippen MR) is 94.8 cm³/mol. The van der Waals surface area contributed by atoms with E-state index in [1.54, 1.807) is 0 Å². The van der Waals surface area contributed by atoms with Crippen LogP contribution in [0.2, 0.25) is 0 Å². The van der Waals surface area contributed by atoms with E-state index in [9.17, 15) is 0 Å². The number of rotatable bonds is 4. The fraction of sp³-hybridized carbons (Fsp3) is 0.118. The number of fused-ring (bicyclic) bond motifs is 1. The first-order valence-electron chi connectivity index (χ1n) is 6.71. The fourth-order valence-electron chi connectivity index (χ4n) is 2.20. The molecular weight excluding hydrogens is 375 g/mol. The Hall–Kier alpha value is -1.82. The van der Waals surface area contributed by atoms with E-state index in [0.717, 1.165) is 31.6 Å². The van der Waals surface area contributed by atoms with E-state index in [-0.39, 0.29) is 0 Å². The van der Waals surface area contributed by atoms with Crippen molar-refractivity contribution in [3.8, 4) is 5.75 Å². The number of halogens is 1. The lowest BCUT2D eigenvalue weighted by Gasteiger charge is -2.12. The fourth-order valence-corrected chi connectivity index (χ4v) is 2.75. The Morgan fingerprint density at radius 1 is 1.10 bits per heavy atom. The van der Waals surface area contributed by atoms with E-state index in [4.69, 9.17) is 4.74 Å². The molecule has 0 aliphatic rings. The molecule has 2 aromatic carbocycles. The number of anilines is 1. The average Bonchev–Trinajstić information content (AvgIpc) is 2.53. The summed E-state index contributed by atoms with van der Waals surface area (Å²) >= 11 is 2.28. The molecule has 0 fully saturated rings. The van der Waals surface area contributed by atoms with Gasteiger partial charge in [-0.2, -0.15) is 0 Å². The SMILES string of the molecule is CNc1nc2ccccc2cc1COc1ccccc1I. The second-order valence-corrected chi connectivity index (χ2v) is 5.82. The smallest absolute Gasteiger partial charge is 0.133 e. The summed E-state index contributed by atoms with van der Waals surface area (Å²) in [6.45, 7) is 0.494. The van der Waals surface area contributed by atoms with Crippen LogP contribution in [0.4, 0.5) is 5.82 Å². The third-order valence-corrected chi connectivity index (χ3v) is 4.15. The van der Waals surface area contributed by atoms with E-state index in [0.29, 0.717) is 6.61 Å². The third kappa shape index (κ3) is 3.10. The van der Waals surface area contributed by atoms with Crippen molar-refractivity contribution in [2.24, 2.45) is 0 Å². The van der Waals surface area contributed by atoms with Crippen LogP contribution in [0, 0.1) is 3.57 Å². The third-order valence-electron chi connectivity index (χ3n) is 3.26. The van der Waals surface area contributed by atoms with Crippen molar-refractivity contribution in [3.63, 3.8) is 0 Å². The number of hydrogen-bond acceptors (Lipinski definition) is 3. The topological polar surface area (TPSA) is 34.2 Å². The lowest BCUT2D eigenvalue weighted by molar-refractivity contribution is 0.304. The van der Waals surface area contributed by atoms with Gasteiger partial charge in [0.25, 0.3) is 0 Å². The monoisotopic (exact) mass is 390 g/mol. The van der Waals surface area contributed by atoms with Gasteiger partial charge >= 0.3 is 0 Å². The van der Waals surface area contributed by atoms with Crippen molar-refractivity contribution in [1.29, 1.82) is 0 Å². The van der Waals surface area contributed by atoms with Crippen LogP contribution in [0.1, 0.15) is 5.56 Å². The number of para-hydroxylation sites is 2. The Kier molecular flexibility index (Phi) is 4.24. The van der Waals surface area contributed by atoms with E-state index >= 15 is 0 Å². The van der Waals surface area contributed by atoms with Gasteiger partial charge < -0.3 is 10.1 Å². The van der Waals surface area contributed by atoms with Crippen molar-refractivity contribution in [1.82, 2.24) is 4.98 Å². The maximum absolute atomic E-state index is 5.93. The summed E-state index contributed by atoms with van der Waals surface area (Å²) in [5.74, 6) is 1.76. The standard InChI is InChI=1S/C17H15IN2O/c1-19-17-13(10-12-6-2-4-8-15(12)20-17)11-21-16-9-5-3-7-14(16)18/h2-10H,11H2,1H3,(H,19,20). The van der Waals surface area contributed by atoms with Crippen LogP contribution in [-0.4, -0.2) is 12.0 Å². The number of ether oxygens (including phenoxy) is 1. The maximum Gasteiger partial charge on any atom is 0.133 e. The van der Waals surface area contributed by atoms with Gasteiger partial charge in [-0.1, -0.05) is 30.3 Å². The number of benzene rings is 2. The Labute approximate surface area is 137 Å². The van der Waals surface area contributed by atoms with Crippen LogP contribution in [0.15, 0.2) is 54.6 Å². The van der Waals surface area contributed by atoms with Crippen molar-refractivity contribution in [2.75, 3.05) is 12.4 Å². The lowest BCUT2D eigenvalue weighted by Crippen LogP contribution is -2.03. The molecule has 0 saturated carbocycles. The van der Waals surface area contributed by atoms with Crippen molar-refractivity contribution >= 4 is 39.3 Å². The largest absolute Gasteiger partial charge is 0.488 e. The van der Waals surface area contributed by atoms with Crippen LogP contribution in [-0.2, 0) is 6.61 Å². The summed E-state index contributed by atoms with van der Waals surface area (Å²) in [6.07, 6.45) is 0.